The summed E-state index contributed by atoms with van der Waals surface area (Å²) in [7, 11) is 0. The Kier molecular flexibility index (Phi) is 10.2. The molecule has 1 saturated heterocycles. The Bertz CT molecular complexity index is 1150. The summed E-state index contributed by atoms with van der Waals surface area (Å²) in [5, 5.41) is 14.6. The average Bonchev–Trinajstić information content (AvgIpc) is 3.47. The summed E-state index contributed by atoms with van der Waals surface area (Å²) in [5.41, 5.74) is 9.62. The van der Waals surface area contributed by atoms with Crippen molar-refractivity contribution in [3.8, 4) is 10.4 Å². The molecule has 10 nitrogen and oxygen atoms in total. The number of rotatable bonds is 10. The number of aromatic nitrogens is 1. The second-order valence-corrected chi connectivity index (χ2v) is 12.0. The maximum absolute atomic E-state index is 13.9. The van der Waals surface area contributed by atoms with E-state index in [-0.39, 0.29) is 31.5 Å². The maximum Gasteiger partial charge on any atom is 0.249 e. The van der Waals surface area contributed by atoms with E-state index in [1.807, 2.05) is 64.4 Å². The number of amides is 3. The van der Waals surface area contributed by atoms with E-state index in [2.05, 4.69) is 10.3 Å². The molecule has 0 bridgehead atoms. The van der Waals surface area contributed by atoms with E-state index in [4.69, 9.17) is 10.6 Å². The molecule has 214 valence electrons. The SMILES string of the molecule is CC(=O)N(OCCCN)[C@H](C(=O)N1C[C@H](O)C[C@H]1C(=O)N[C@@H](C)c1ccc(-c2scnc2C)cc1)C(C)(C)C. The number of aryl methyl sites for hydroxylation is 1. The number of aliphatic hydroxyl groups is 1. The third-order valence-corrected chi connectivity index (χ3v) is 7.80. The number of hydroxylamine groups is 2. The quantitative estimate of drug-likeness (QED) is 0.301. The van der Waals surface area contributed by atoms with Gasteiger partial charge >= 0.3 is 0 Å². The number of nitrogens with one attached hydrogen (secondary N) is 1. The van der Waals surface area contributed by atoms with Crippen LogP contribution in [0.3, 0.4) is 0 Å². The van der Waals surface area contributed by atoms with Crippen molar-refractivity contribution in [1.29, 1.82) is 0 Å². The topological polar surface area (TPSA) is 138 Å². The lowest BCUT2D eigenvalue weighted by molar-refractivity contribution is -0.214. The number of hydrogen-bond acceptors (Lipinski definition) is 8. The molecular weight excluding hydrogens is 518 g/mol. The van der Waals surface area contributed by atoms with Crippen molar-refractivity contribution in [2.75, 3.05) is 19.7 Å². The predicted octanol–water partition coefficient (Wildman–Crippen LogP) is 2.80. The third kappa shape index (κ3) is 7.42. The number of benzene rings is 1. The smallest absolute Gasteiger partial charge is 0.249 e. The van der Waals surface area contributed by atoms with E-state index < -0.39 is 35.4 Å². The summed E-state index contributed by atoms with van der Waals surface area (Å²) in [6, 6.07) is 5.74. The first-order valence-electron chi connectivity index (χ1n) is 13.3. The van der Waals surface area contributed by atoms with Crippen molar-refractivity contribution in [2.24, 2.45) is 11.1 Å². The van der Waals surface area contributed by atoms with Crippen molar-refractivity contribution in [3.63, 3.8) is 0 Å². The molecule has 4 N–H and O–H groups in total. The molecule has 3 rings (SSSR count). The second-order valence-electron chi connectivity index (χ2n) is 11.1. The van der Waals surface area contributed by atoms with Crippen LogP contribution in [0.5, 0.6) is 0 Å². The number of thiazole rings is 1. The van der Waals surface area contributed by atoms with Crippen LogP contribution in [0, 0.1) is 12.3 Å². The molecule has 1 aromatic carbocycles. The minimum atomic E-state index is -0.992. The van der Waals surface area contributed by atoms with Gasteiger partial charge in [0.15, 0.2) is 0 Å². The summed E-state index contributed by atoms with van der Waals surface area (Å²) in [5.74, 6) is -1.23. The zero-order valence-corrected chi connectivity index (χ0v) is 24.5. The Morgan fingerprint density at radius 2 is 1.95 bits per heavy atom. The normalized spacial score (nSPS) is 19.0. The molecule has 3 amide bonds. The molecule has 1 aromatic heterocycles. The van der Waals surface area contributed by atoms with Gasteiger partial charge in [-0.2, -0.15) is 0 Å². The van der Waals surface area contributed by atoms with Crippen LogP contribution in [0.15, 0.2) is 29.8 Å². The number of carbonyl (C=O) groups excluding carboxylic acids is 3. The van der Waals surface area contributed by atoms with Gasteiger partial charge in [-0.1, -0.05) is 45.0 Å². The van der Waals surface area contributed by atoms with E-state index in [1.165, 1.54) is 11.8 Å². The summed E-state index contributed by atoms with van der Waals surface area (Å²) in [6.45, 7) is 11.2. The molecule has 0 saturated carbocycles. The van der Waals surface area contributed by atoms with Crippen molar-refractivity contribution in [2.45, 2.75) is 78.6 Å². The minimum absolute atomic E-state index is 0.00464. The molecule has 0 spiro atoms. The number of carbonyl (C=O) groups is 3. The zero-order chi connectivity index (χ0) is 28.9. The summed E-state index contributed by atoms with van der Waals surface area (Å²) in [4.78, 5) is 52.3. The molecule has 2 aromatic rings. The molecule has 2 heterocycles. The molecule has 11 heteroatoms. The summed E-state index contributed by atoms with van der Waals surface area (Å²) >= 11 is 1.58. The van der Waals surface area contributed by atoms with Crippen LogP contribution in [-0.4, -0.2) is 75.7 Å². The van der Waals surface area contributed by atoms with Gasteiger partial charge in [-0.25, -0.2) is 10.0 Å². The van der Waals surface area contributed by atoms with Crippen LogP contribution < -0.4 is 11.1 Å². The molecule has 4 atom stereocenters. The number of β-amino-alcohol motifs (C(OH)–C–C–N with tert-alkyl or cyclic N) is 1. The van der Waals surface area contributed by atoms with Gasteiger partial charge in [0.1, 0.15) is 12.1 Å². The Hall–Kier alpha value is -2.86. The Labute approximate surface area is 234 Å². The Morgan fingerprint density at radius 1 is 1.28 bits per heavy atom. The number of likely N-dealkylation sites (tertiary alicyclic amines) is 1. The first kappa shape index (κ1) is 30.7. The lowest BCUT2D eigenvalue weighted by atomic mass is 9.85. The fourth-order valence-electron chi connectivity index (χ4n) is 4.77. The van der Waals surface area contributed by atoms with E-state index in [1.54, 1.807) is 11.3 Å². The number of hydrogen-bond donors (Lipinski definition) is 3. The highest BCUT2D eigenvalue weighted by Crippen LogP contribution is 2.31. The Balaban J connectivity index is 1.77. The van der Waals surface area contributed by atoms with Crippen LogP contribution in [0.4, 0.5) is 0 Å². The molecule has 1 aliphatic rings. The molecule has 1 aliphatic heterocycles. The second kappa shape index (κ2) is 13.0. The standard InChI is InChI=1S/C28H41N5O5S/c1-17(20-8-10-21(11-9-20)24-18(2)30-16-39-24)31-26(36)23-14-22(35)15-32(23)27(37)25(28(4,5)6)33(19(3)34)38-13-7-12-29/h8-11,16-17,22-23,25,35H,7,12-15,29H2,1-6H3,(H,31,36)/t17-,22+,23-,25+/m0/s1. The van der Waals surface area contributed by atoms with Gasteiger partial charge < -0.3 is 21.1 Å². The van der Waals surface area contributed by atoms with Gasteiger partial charge in [0.2, 0.25) is 17.7 Å². The van der Waals surface area contributed by atoms with Crippen molar-refractivity contribution < 1.29 is 24.3 Å². The van der Waals surface area contributed by atoms with Crippen molar-refractivity contribution in [1.82, 2.24) is 20.3 Å². The molecule has 1 fully saturated rings. The fraction of sp³-hybridized carbons (Fsp3) is 0.571. The zero-order valence-electron chi connectivity index (χ0n) is 23.6. The molecule has 0 radical (unpaired) electrons. The number of aliphatic hydroxyl groups excluding tert-OH is 1. The van der Waals surface area contributed by atoms with Crippen molar-refractivity contribution in [3.05, 3.63) is 41.0 Å². The highest BCUT2D eigenvalue weighted by atomic mass is 32.1. The lowest BCUT2D eigenvalue weighted by Crippen LogP contribution is -2.59. The number of nitrogens with two attached hydrogens (primary N) is 1. The maximum atomic E-state index is 13.9. The third-order valence-electron chi connectivity index (χ3n) is 6.82. The van der Waals surface area contributed by atoms with E-state index in [9.17, 15) is 19.5 Å². The predicted molar refractivity (Wildman–Crippen MR) is 150 cm³/mol. The minimum Gasteiger partial charge on any atom is -0.391 e. The van der Waals surface area contributed by atoms with Gasteiger partial charge in [0, 0.05) is 19.9 Å². The van der Waals surface area contributed by atoms with Gasteiger partial charge in [-0.15, -0.1) is 11.3 Å². The molecule has 39 heavy (non-hydrogen) atoms. The number of nitrogens with zero attached hydrogens (tertiary/aromatic N) is 3. The molecule has 0 aliphatic carbocycles. The molecule has 0 unspecified atom stereocenters. The highest BCUT2D eigenvalue weighted by molar-refractivity contribution is 7.13. The largest absolute Gasteiger partial charge is 0.391 e. The van der Waals surface area contributed by atoms with Crippen LogP contribution in [-0.2, 0) is 19.2 Å². The first-order chi connectivity index (χ1) is 18.3. The van der Waals surface area contributed by atoms with E-state index in [0.717, 1.165) is 26.8 Å². The summed E-state index contributed by atoms with van der Waals surface area (Å²) < 4.78 is 0. The van der Waals surface area contributed by atoms with Gasteiger partial charge in [-0.05, 0) is 43.4 Å². The van der Waals surface area contributed by atoms with E-state index in [0.29, 0.717) is 13.0 Å². The van der Waals surface area contributed by atoms with E-state index >= 15 is 0 Å². The van der Waals surface area contributed by atoms with Gasteiger partial charge in [0.25, 0.3) is 0 Å². The molecular formula is C28H41N5O5S. The fourth-order valence-corrected chi connectivity index (χ4v) is 5.59. The highest BCUT2D eigenvalue weighted by Gasteiger charge is 2.47. The van der Waals surface area contributed by atoms with Gasteiger partial charge in [-0.3, -0.25) is 19.2 Å². The first-order valence-corrected chi connectivity index (χ1v) is 14.1. The van der Waals surface area contributed by atoms with Crippen LogP contribution >= 0.6 is 11.3 Å². The van der Waals surface area contributed by atoms with Crippen LogP contribution in [0.2, 0.25) is 0 Å². The monoisotopic (exact) mass is 559 g/mol. The lowest BCUT2D eigenvalue weighted by Gasteiger charge is -2.40. The van der Waals surface area contributed by atoms with Crippen LogP contribution in [0.25, 0.3) is 10.4 Å². The van der Waals surface area contributed by atoms with Gasteiger partial charge in [0.05, 0.1) is 34.8 Å². The average molecular weight is 560 g/mol. The van der Waals surface area contributed by atoms with Crippen LogP contribution in [0.1, 0.15) is 64.8 Å². The Morgan fingerprint density at radius 3 is 2.49 bits per heavy atom. The van der Waals surface area contributed by atoms with Crippen molar-refractivity contribution >= 4 is 29.1 Å². The summed E-state index contributed by atoms with van der Waals surface area (Å²) in [6.07, 6.45) is -0.226.